The van der Waals surface area contributed by atoms with Gasteiger partial charge in [0, 0.05) is 70.3 Å². The summed E-state index contributed by atoms with van der Waals surface area (Å²) in [6.07, 6.45) is 2.36. The van der Waals surface area contributed by atoms with E-state index in [2.05, 4.69) is 15.3 Å². The summed E-state index contributed by atoms with van der Waals surface area (Å²) >= 11 is 0. The Morgan fingerprint density at radius 1 is 1.05 bits per heavy atom. The maximum Gasteiger partial charge on any atom is 0.259 e. The average molecular weight is 555 g/mol. The van der Waals surface area contributed by atoms with Crippen molar-refractivity contribution in [3.8, 4) is 0 Å². The standard InChI is InChI=1S/C30H30N6O5/c1-35-15-19(17-7-2-4-9-21(17)35)27-28(30(40)33-29(27)39)20-16-36(22-10-5-3-8-18(20)22)12-6-11-23(37)25-13-24(38)26(41-25)14-32-34-31/h2-5,7-10,15-16,23-26,37-38H,6,11-14H2,1H3,(H,33,39,40)/t23?,24-,25-,26+/m0/s1. The van der Waals surface area contributed by atoms with Crippen LogP contribution in [-0.2, 0) is 27.9 Å². The van der Waals surface area contributed by atoms with Crippen LogP contribution in [0.5, 0.6) is 0 Å². The monoisotopic (exact) mass is 554 g/mol. The number of imide groups is 1. The molecule has 2 aromatic heterocycles. The highest BCUT2D eigenvalue weighted by molar-refractivity contribution is 6.50. The van der Waals surface area contributed by atoms with Crippen molar-refractivity contribution in [2.75, 3.05) is 6.54 Å². The van der Waals surface area contributed by atoms with Crippen LogP contribution in [0.15, 0.2) is 66.0 Å². The Balaban J connectivity index is 1.29. The van der Waals surface area contributed by atoms with Gasteiger partial charge >= 0.3 is 0 Å². The zero-order valence-electron chi connectivity index (χ0n) is 22.5. The number of benzene rings is 2. The number of hydrogen-bond donors (Lipinski definition) is 3. The van der Waals surface area contributed by atoms with E-state index in [0.29, 0.717) is 41.7 Å². The fourth-order valence-electron chi connectivity index (χ4n) is 6.09. The van der Waals surface area contributed by atoms with Gasteiger partial charge < -0.3 is 24.1 Å². The predicted molar refractivity (Wildman–Crippen MR) is 153 cm³/mol. The molecule has 0 bridgehead atoms. The molecule has 2 aliphatic heterocycles. The molecule has 3 N–H and O–H groups in total. The first-order valence-electron chi connectivity index (χ1n) is 13.6. The van der Waals surface area contributed by atoms with Crippen LogP contribution in [0.1, 0.15) is 30.4 Å². The summed E-state index contributed by atoms with van der Waals surface area (Å²) in [7, 11) is 1.92. The topological polar surface area (TPSA) is 154 Å². The minimum Gasteiger partial charge on any atom is -0.390 e. The van der Waals surface area contributed by atoms with Crippen molar-refractivity contribution in [3.63, 3.8) is 0 Å². The molecule has 6 rings (SSSR count). The first-order chi connectivity index (χ1) is 19.9. The van der Waals surface area contributed by atoms with Crippen LogP contribution >= 0.6 is 0 Å². The van der Waals surface area contributed by atoms with Gasteiger partial charge in [-0.2, -0.15) is 0 Å². The maximum absolute atomic E-state index is 13.2. The third kappa shape index (κ3) is 4.79. The molecular formula is C30H30N6O5. The number of para-hydroxylation sites is 2. The predicted octanol–water partition coefficient (Wildman–Crippen LogP) is 3.67. The number of aliphatic hydroxyl groups is 2. The normalized spacial score (nSPS) is 21.6. The van der Waals surface area contributed by atoms with Crippen molar-refractivity contribution >= 4 is 44.8 Å². The lowest BCUT2D eigenvalue weighted by atomic mass is 9.95. The fraction of sp³-hybridized carbons (Fsp3) is 0.333. The first kappa shape index (κ1) is 26.8. The molecule has 4 atom stereocenters. The Morgan fingerprint density at radius 3 is 2.39 bits per heavy atom. The van der Waals surface area contributed by atoms with E-state index in [1.54, 1.807) is 0 Å². The molecular weight excluding hydrogens is 524 g/mol. The number of amides is 2. The van der Waals surface area contributed by atoms with Gasteiger partial charge in [0.1, 0.15) is 0 Å². The van der Waals surface area contributed by atoms with Crippen molar-refractivity contribution in [1.29, 1.82) is 0 Å². The highest BCUT2D eigenvalue weighted by atomic mass is 16.5. The van der Waals surface area contributed by atoms with Crippen molar-refractivity contribution in [2.45, 2.75) is 50.2 Å². The average Bonchev–Trinajstić information content (AvgIpc) is 3.70. The number of carbonyl (C=O) groups is 2. The molecule has 41 heavy (non-hydrogen) atoms. The molecule has 4 heterocycles. The Morgan fingerprint density at radius 2 is 1.68 bits per heavy atom. The summed E-state index contributed by atoms with van der Waals surface area (Å²) < 4.78 is 9.72. The summed E-state index contributed by atoms with van der Waals surface area (Å²) in [5.74, 6) is -0.845. The molecule has 0 saturated carbocycles. The third-order valence-electron chi connectivity index (χ3n) is 8.06. The summed E-state index contributed by atoms with van der Waals surface area (Å²) in [6.45, 7) is 0.577. The largest absolute Gasteiger partial charge is 0.390 e. The molecule has 2 aromatic carbocycles. The second-order valence-electron chi connectivity index (χ2n) is 10.6. The highest BCUT2D eigenvalue weighted by Gasteiger charge is 2.37. The van der Waals surface area contributed by atoms with Gasteiger partial charge in [0.15, 0.2) is 0 Å². The van der Waals surface area contributed by atoms with Crippen LogP contribution in [0.25, 0.3) is 43.4 Å². The quantitative estimate of drug-likeness (QED) is 0.125. The van der Waals surface area contributed by atoms with Crippen molar-refractivity contribution in [1.82, 2.24) is 14.5 Å². The number of rotatable bonds is 9. The summed E-state index contributed by atoms with van der Waals surface area (Å²) in [4.78, 5) is 29.1. The number of nitrogens with one attached hydrogen (secondary N) is 1. The Bertz CT molecular complexity index is 1750. The number of nitrogens with zero attached hydrogens (tertiary/aromatic N) is 5. The zero-order valence-corrected chi connectivity index (χ0v) is 22.5. The fourth-order valence-corrected chi connectivity index (χ4v) is 6.09. The van der Waals surface area contributed by atoms with Gasteiger partial charge in [-0.3, -0.25) is 14.9 Å². The molecule has 2 amide bonds. The number of aryl methyl sites for hydroxylation is 2. The SMILES string of the molecule is Cn1cc(C2=C(c3cn(CCCC(O)[C@@H]4C[C@H](O)[C@@H](CN=[N+]=[N-])O4)c4ccccc34)C(=O)NC2=O)c2ccccc21. The molecule has 0 spiro atoms. The maximum atomic E-state index is 13.2. The van der Waals surface area contributed by atoms with Crippen LogP contribution in [0.3, 0.4) is 0 Å². The first-order valence-corrected chi connectivity index (χ1v) is 13.6. The summed E-state index contributed by atoms with van der Waals surface area (Å²) in [6, 6.07) is 15.5. The lowest BCUT2D eigenvalue weighted by molar-refractivity contribution is -0.122. The van der Waals surface area contributed by atoms with E-state index in [1.807, 2.05) is 77.1 Å². The van der Waals surface area contributed by atoms with Crippen LogP contribution in [0, 0.1) is 0 Å². The molecule has 1 fully saturated rings. The second-order valence-corrected chi connectivity index (χ2v) is 10.6. The molecule has 1 unspecified atom stereocenters. The van der Waals surface area contributed by atoms with E-state index >= 15 is 0 Å². The highest BCUT2D eigenvalue weighted by Crippen LogP contribution is 2.39. The lowest BCUT2D eigenvalue weighted by Crippen LogP contribution is -2.27. The van der Waals surface area contributed by atoms with Crippen molar-refractivity contribution in [2.24, 2.45) is 12.2 Å². The van der Waals surface area contributed by atoms with E-state index in [0.717, 1.165) is 21.8 Å². The number of hydrogen-bond acceptors (Lipinski definition) is 6. The van der Waals surface area contributed by atoms with Gasteiger partial charge in [-0.1, -0.05) is 41.5 Å². The number of fused-ring (bicyclic) bond motifs is 2. The number of ether oxygens (including phenoxy) is 1. The van der Waals surface area contributed by atoms with Gasteiger partial charge in [0.25, 0.3) is 11.8 Å². The van der Waals surface area contributed by atoms with E-state index in [1.165, 1.54) is 0 Å². The molecule has 0 aliphatic carbocycles. The van der Waals surface area contributed by atoms with Crippen LogP contribution in [0.2, 0.25) is 0 Å². The number of azide groups is 1. The minimum absolute atomic E-state index is 0.0196. The van der Waals surface area contributed by atoms with Crippen LogP contribution < -0.4 is 5.32 Å². The number of aromatic nitrogens is 2. The minimum atomic E-state index is -0.791. The van der Waals surface area contributed by atoms with Gasteiger partial charge in [-0.25, -0.2) is 0 Å². The van der Waals surface area contributed by atoms with Crippen LogP contribution in [-0.4, -0.2) is 62.1 Å². The Labute approximate surface area is 235 Å². The molecule has 11 nitrogen and oxygen atoms in total. The summed E-state index contributed by atoms with van der Waals surface area (Å²) in [5.41, 5.74) is 12.5. The van der Waals surface area contributed by atoms with E-state index in [-0.39, 0.29) is 13.0 Å². The smallest absolute Gasteiger partial charge is 0.259 e. The Kier molecular flexibility index (Phi) is 7.10. The summed E-state index contributed by atoms with van der Waals surface area (Å²) in [5, 5.41) is 28.7. The molecule has 4 aromatic rings. The van der Waals surface area contributed by atoms with Crippen molar-refractivity contribution in [3.05, 3.63) is 82.5 Å². The van der Waals surface area contributed by atoms with Gasteiger partial charge in [0.2, 0.25) is 0 Å². The van der Waals surface area contributed by atoms with Gasteiger partial charge in [0.05, 0.1) is 42.1 Å². The Hall–Kier alpha value is -4.41. The van der Waals surface area contributed by atoms with Gasteiger partial charge in [-0.15, -0.1) is 0 Å². The third-order valence-corrected chi connectivity index (χ3v) is 8.06. The van der Waals surface area contributed by atoms with E-state index < -0.39 is 36.2 Å². The number of aliphatic hydroxyl groups excluding tert-OH is 2. The number of carbonyl (C=O) groups excluding carboxylic acids is 2. The molecule has 210 valence electrons. The molecule has 11 heteroatoms. The second kappa shape index (κ2) is 10.9. The van der Waals surface area contributed by atoms with Gasteiger partial charge in [-0.05, 0) is 30.5 Å². The molecule has 0 radical (unpaired) electrons. The van der Waals surface area contributed by atoms with E-state index in [9.17, 15) is 19.8 Å². The van der Waals surface area contributed by atoms with Crippen molar-refractivity contribution < 1.29 is 24.5 Å². The zero-order chi connectivity index (χ0) is 28.7. The lowest BCUT2D eigenvalue weighted by Gasteiger charge is -2.18. The van der Waals surface area contributed by atoms with Crippen LogP contribution in [0.4, 0.5) is 0 Å². The van der Waals surface area contributed by atoms with E-state index in [4.69, 9.17) is 10.3 Å². The molecule has 1 saturated heterocycles. The molecule has 2 aliphatic rings.